The second kappa shape index (κ2) is 6.54. The smallest absolute Gasteiger partial charge is 0.145 e. The lowest BCUT2D eigenvalue weighted by Gasteiger charge is -2.11. The monoisotopic (exact) mass is 291 g/mol. The summed E-state index contributed by atoms with van der Waals surface area (Å²) in [4.78, 5) is 8.76. The van der Waals surface area contributed by atoms with E-state index in [-0.39, 0.29) is 0 Å². The molecule has 0 saturated heterocycles. The molecule has 0 fully saturated rings. The highest BCUT2D eigenvalue weighted by Crippen LogP contribution is 2.26. The molecule has 0 atom stereocenters. The van der Waals surface area contributed by atoms with Crippen molar-refractivity contribution in [3.05, 3.63) is 40.7 Å². The largest absolute Gasteiger partial charge is 0.339 e. The second-order valence-corrected chi connectivity index (χ2v) is 4.96. The van der Waals surface area contributed by atoms with Gasteiger partial charge in [-0.15, -0.1) is 0 Å². The molecule has 0 aliphatic heterocycles. The van der Waals surface area contributed by atoms with Gasteiger partial charge >= 0.3 is 0 Å². The van der Waals surface area contributed by atoms with Gasteiger partial charge in [0.1, 0.15) is 17.5 Å². The Balaban J connectivity index is 2.32. The average molecular weight is 292 g/mol. The number of nitrogens with zero attached hydrogens (tertiary/aromatic N) is 2. The van der Waals surface area contributed by atoms with Gasteiger partial charge < -0.3 is 10.7 Å². The molecule has 2 rings (SSSR count). The normalized spacial score (nSPS) is 10.4. The van der Waals surface area contributed by atoms with Crippen molar-refractivity contribution in [2.24, 2.45) is 5.84 Å². The number of halogens is 1. The molecular formula is C14H18ClN5. The lowest BCUT2D eigenvalue weighted by Crippen LogP contribution is -2.11. The Morgan fingerprint density at radius 2 is 1.95 bits per heavy atom. The summed E-state index contributed by atoms with van der Waals surface area (Å²) in [5.74, 6) is 7.43. The van der Waals surface area contributed by atoms with E-state index in [4.69, 9.17) is 17.4 Å². The van der Waals surface area contributed by atoms with Crippen molar-refractivity contribution in [2.75, 3.05) is 10.7 Å². The van der Waals surface area contributed by atoms with Gasteiger partial charge in [0.05, 0.1) is 10.7 Å². The second-order valence-electron chi connectivity index (χ2n) is 4.56. The third kappa shape index (κ3) is 3.59. The molecule has 0 unspecified atom stereocenters. The molecule has 0 radical (unpaired) electrons. The van der Waals surface area contributed by atoms with Crippen LogP contribution in [0.5, 0.6) is 0 Å². The van der Waals surface area contributed by atoms with Crippen LogP contribution in [0.25, 0.3) is 0 Å². The Hall–Kier alpha value is -1.85. The van der Waals surface area contributed by atoms with Gasteiger partial charge in [0.2, 0.25) is 0 Å². The van der Waals surface area contributed by atoms with Gasteiger partial charge in [0.25, 0.3) is 0 Å². The third-order valence-corrected chi connectivity index (χ3v) is 3.11. The summed E-state index contributed by atoms with van der Waals surface area (Å²) in [6, 6.07) is 7.54. The Kier molecular flexibility index (Phi) is 4.76. The highest BCUT2D eigenvalue weighted by Gasteiger charge is 2.06. The van der Waals surface area contributed by atoms with E-state index in [1.807, 2.05) is 25.1 Å². The van der Waals surface area contributed by atoms with Crippen molar-refractivity contribution >= 4 is 28.9 Å². The number of nitrogens with one attached hydrogen (secondary N) is 2. The number of hydrazine groups is 1. The van der Waals surface area contributed by atoms with Gasteiger partial charge in [-0.1, -0.05) is 24.6 Å². The van der Waals surface area contributed by atoms with Crippen LogP contribution in [0.15, 0.2) is 24.3 Å². The molecule has 106 valence electrons. The van der Waals surface area contributed by atoms with Crippen molar-refractivity contribution in [1.29, 1.82) is 0 Å². The Bertz CT molecular complexity index is 600. The molecule has 0 aliphatic rings. The highest BCUT2D eigenvalue weighted by molar-refractivity contribution is 6.33. The van der Waals surface area contributed by atoms with Crippen molar-refractivity contribution in [3.63, 3.8) is 0 Å². The predicted molar refractivity (Wildman–Crippen MR) is 83.3 cm³/mol. The highest BCUT2D eigenvalue weighted by atomic mass is 35.5. The molecule has 0 spiro atoms. The molecule has 0 aliphatic carbocycles. The van der Waals surface area contributed by atoms with E-state index in [0.29, 0.717) is 16.7 Å². The minimum absolute atomic E-state index is 0.578. The minimum Gasteiger partial charge on any atom is -0.339 e. The zero-order valence-electron chi connectivity index (χ0n) is 11.6. The summed E-state index contributed by atoms with van der Waals surface area (Å²) in [7, 11) is 0. The predicted octanol–water partition coefficient (Wildman–Crippen LogP) is 3.42. The minimum atomic E-state index is 0.578. The molecule has 2 aromatic rings. The standard InChI is InChI=1S/C14H18ClN5/c1-3-4-12-18-13(8-14(19-12)20-16)17-11-7-9(2)5-6-10(11)15/h5-8H,3-4,16H2,1-2H3,(H2,17,18,19,20). The molecular weight excluding hydrogens is 274 g/mol. The number of benzene rings is 1. The number of rotatable bonds is 5. The molecule has 5 nitrogen and oxygen atoms in total. The molecule has 0 saturated carbocycles. The number of hydrogen-bond acceptors (Lipinski definition) is 5. The van der Waals surface area contributed by atoms with Crippen molar-refractivity contribution in [3.8, 4) is 0 Å². The fraction of sp³-hybridized carbons (Fsp3) is 0.286. The van der Waals surface area contributed by atoms with Crippen molar-refractivity contribution < 1.29 is 0 Å². The molecule has 0 bridgehead atoms. The Morgan fingerprint density at radius 3 is 2.65 bits per heavy atom. The number of aromatic nitrogens is 2. The van der Waals surface area contributed by atoms with E-state index in [2.05, 4.69) is 27.6 Å². The summed E-state index contributed by atoms with van der Waals surface area (Å²) in [6.07, 6.45) is 1.77. The Morgan fingerprint density at radius 1 is 1.20 bits per heavy atom. The summed E-state index contributed by atoms with van der Waals surface area (Å²) >= 11 is 6.17. The average Bonchev–Trinajstić information content (AvgIpc) is 2.43. The van der Waals surface area contributed by atoms with Crippen molar-refractivity contribution in [1.82, 2.24) is 9.97 Å². The maximum Gasteiger partial charge on any atom is 0.145 e. The Labute approximate surface area is 123 Å². The maximum absolute atomic E-state index is 6.17. The van der Waals surface area contributed by atoms with Gasteiger partial charge in [0.15, 0.2) is 0 Å². The van der Waals surface area contributed by atoms with Gasteiger partial charge in [-0.2, -0.15) is 0 Å². The molecule has 6 heteroatoms. The summed E-state index contributed by atoms with van der Waals surface area (Å²) in [5, 5.41) is 3.85. The van der Waals surface area contributed by atoms with Crippen LogP contribution in [0.4, 0.5) is 17.3 Å². The van der Waals surface area contributed by atoms with Crippen LogP contribution >= 0.6 is 11.6 Å². The van der Waals surface area contributed by atoms with E-state index < -0.39 is 0 Å². The lowest BCUT2D eigenvalue weighted by molar-refractivity contribution is 0.837. The fourth-order valence-electron chi connectivity index (χ4n) is 1.84. The molecule has 4 N–H and O–H groups in total. The van der Waals surface area contributed by atoms with Crippen LogP contribution in [0.3, 0.4) is 0 Å². The first kappa shape index (κ1) is 14.6. The summed E-state index contributed by atoms with van der Waals surface area (Å²) in [6.45, 7) is 4.09. The number of anilines is 3. The number of hydrogen-bond donors (Lipinski definition) is 3. The first-order valence-corrected chi connectivity index (χ1v) is 6.88. The van der Waals surface area contributed by atoms with E-state index in [9.17, 15) is 0 Å². The number of nitrogen functional groups attached to an aromatic ring is 1. The summed E-state index contributed by atoms with van der Waals surface area (Å²) in [5.41, 5.74) is 4.49. The first-order chi connectivity index (χ1) is 9.62. The van der Waals surface area contributed by atoms with Gasteiger partial charge in [-0.05, 0) is 31.0 Å². The van der Waals surface area contributed by atoms with E-state index >= 15 is 0 Å². The maximum atomic E-state index is 6.17. The van der Waals surface area contributed by atoms with Gasteiger partial charge in [-0.3, -0.25) is 0 Å². The van der Waals surface area contributed by atoms with E-state index in [0.717, 1.165) is 29.9 Å². The van der Waals surface area contributed by atoms with Crippen molar-refractivity contribution in [2.45, 2.75) is 26.7 Å². The van der Waals surface area contributed by atoms with Crippen LogP contribution in [0.2, 0.25) is 5.02 Å². The van der Waals surface area contributed by atoms with E-state index in [1.54, 1.807) is 6.07 Å². The zero-order chi connectivity index (χ0) is 14.5. The van der Waals surface area contributed by atoms with Crippen LogP contribution in [0.1, 0.15) is 24.7 Å². The van der Waals surface area contributed by atoms with E-state index in [1.165, 1.54) is 0 Å². The van der Waals surface area contributed by atoms with Gasteiger partial charge in [-0.25, -0.2) is 15.8 Å². The molecule has 20 heavy (non-hydrogen) atoms. The SMILES string of the molecule is CCCc1nc(NN)cc(Nc2cc(C)ccc2Cl)n1. The molecule has 1 heterocycles. The first-order valence-electron chi connectivity index (χ1n) is 6.50. The number of aryl methyl sites for hydroxylation is 2. The molecule has 0 amide bonds. The molecule has 1 aromatic carbocycles. The van der Waals surface area contributed by atoms with Crippen LogP contribution in [-0.4, -0.2) is 9.97 Å². The van der Waals surface area contributed by atoms with Crippen LogP contribution < -0.4 is 16.6 Å². The van der Waals surface area contributed by atoms with Gasteiger partial charge in [0, 0.05) is 12.5 Å². The quantitative estimate of drug-likeness (QED) is 0.581. The third-order valence-electron chi connectivity index (χ3n) is 2.78. The zero-order valence-corrected chi connectivity index (χ0v) is 12.3. The lowest BCUT2D eigenvalue weighted by atomic mass is 10.2. The topological polar surface area (TPSA) is 75.9 Å². The number of nitrogens with two attached hydrogens (primary N) is 1. The molecule has 1 aromatic heterocycles. The fourth-order valence-corrected chi connectivity index (χ4v) is 2.01. The van der Waals surface area contributed by atoms with Crippen LogP contribution in [-0.2, 0) is 6.42 Å². The van der Waals surface area contributed by atoms with Crippen LogP contribution in [0, 0.1) is 6.92 Å². The summed E-state index contributed by atoms with van der Waals surface area (Å²) < 4.78 is 0.